The van der Waals surface area contributed by atoms with Crippen molar-refractivity contribution in [3.8, 4) is 5.75 Å². The van der Waals surface area contributed by atoms with Crippen LogP contribution in [0.3, 0.4) is 0 Å². The summed E-state index contributed by atoms with van der Waals surface area (Å²) in [6, 6.07) is 4.57. The summed E-state index contributed by atoms with van der Waals surface area (Å²) in [5.74, 6) is 0.413. The number of urea groups is 1. The molecule has 3 rings (SSSR count). The summed E-state index contributed by atoms with van der Waals surface area (Å²) < 4.78 is 16.1. The Bertz CT molecular complexity index is 888. The van der Waals surface area contributed by atoms with E-state index in [1.54, 1.807) is 32.4 Å². The van der Waals surface area contributed by atoms with Crippen LogP contribution >= 0.6 is 0 Å². The number of ether oxygens (including phenoxy) is 3. The predicted molar refractivity (Wildman–Crippen MR) is 136 cm³/mol. The van der Waals surface area contributed by atoms with E-state index in [0.29, 0.717) is 49.5 Å². The molecular weight excluding hydrogens is 464 g/mol. The Balaban J connectivity index is 1.65. The Morgan fingerprint density at radius 3 is 2.28 bits per heavy atom. The summed E-state index contributed by atoms with van der Waals surface area (Å²) in [5, 5.41) is 2.18. The maximum atomic E-state index is 13.4. The predicted octanol–water partition coefficient (Wildman–Crippen LogP) is 2.71. The Morgan fingerprint density at radius 1 is 1.08 bits per heavy atom. The van der Waals surface area contributed by atoms with Crippen LogP contribution in [-0.4, -0.2) is 95.0 Å². The zero-order chi connectivity index (χ0) is 26.1. The maximum Gasteiger partial charge on any atom is 0.328 e. The zero-order valence-electron chi connectivity index (χ0n) is 22.0. The lowest BCUT2D eigenvalue weighted by Crippen LogP contribution is -2.49. The SMILES string of the molecule is CCCN(C(=O)NC=O)c1cc(C(=O)N2CCC3(CCN(CC(OC)OC)CC3)CC2)ccc1OC. The molecule has 4 amide bonds. The van der Waals surface area contributed by atoms with Gasteiger partial charge in [0.15, 0.2) is 6.29 Å². The second kappa shape index (κ2) is 13.0. The average Bonchev–Trinajstić information content (AvgIpc) is 2.91. The first-order chi connectivity index (χ1) is 17.4. The van der Waals surface area contributed by atoms with Crippen LogP contribution in [0.2, 0.25) is 0 Å². The van der Waals surface area contributed by atoms with Gasteiger partial charge in [0.1, 0.15) is 5.75 Å². The summed E-state index contributed by atoms with van der Waals surface area (Å²) in [6.07, 6.45) is 5.02. The number of benzene rings is 1. The van der Waals surface area contributed by atoms with E-state index in [4.69, 9.17) is 14.2 Å². The summed E-state index contributed by atoms with van der Waals surface area (Å²) in [7, 11) is 4.85. The molecule has 2 heterocycles. The zero-order valence-corrected chi connectivity index (χ0v) is 22.0. The minimum Gasteiger partial charge on any atom is -0.495 e. The molecular formula is C26H40N4O6. The van der Waals surface area contributed by atoms with Gasteiger partial charge in [-0.15, -0.1) is 0 Å². The van der Waals surface area contributed by atoms with Crippen LogP contribution < -0.4 is 15.0 Å². The van der Waals surface area contributed by atoms with Crippen LogP contribution in [0, 0.1) is 5.41 Å². The van der Waals surface area contributed by atoms with E-state index >= 15 is 0 Å². The highest BCUT2D eigenvalue weighted by molar-refractivity contribution is 6.01. The van der Waals surface area contributed by atoms with E-state index in [1.807, 2.05) is 11.8 Å². The van der Waals surface area contributed by atoms with Crippen molar-refractivity contribution in [2.24, 2.45) is 5.41 Å². The molecule has 200 valence electrons. The molecule has 0 saturated carbocycles. The van der Waals surface area contributed by atoms with Gasteiger partial charge in [-0.3, -0.25) is 24.7 Å². The van der Waals surface area contributed by atoms with E-state index in [0.717, 1.165) is 45.3 Å². The Kier molecular flexibility index (Phi) is 10.1. The largest absolute Gasteiger partial charge is 0.495 e. The molecule has 2 aliphatic heterocycles. The normalized spacial score (nSPS) is 17.8. The van der Waals surface area contributed by atoms with Gasteiger partial charge in [-0.1, -0.05) is 6.92 Å². The van der Waals surface area contributed by atoms with Crippen LogP contribution in [0.15, 0.2) is 18.2 Å². The van der Waals surface area contributed by atoms with Gasteiger partial charge in [-0.25, -0.2) is 4.79 Å². The van der Waals surface area contributed by atoms with Gasteiger partial charge in [-0.2, -0.15) is 0 Å². The van der Waals surface area contributed by atoms with Gasteiger partial charge in [0.2, 0.25) is 6.41 Å². The number of imide groups is 1. The Hall–Kier alpha value is -2.69. The second-order valence-corrected chi connectivity index (χ2v) is 9.60. The second-order valence-electron chi connectivity index (χ2n) is 9.60. The van der Waals surface area contributed by atoms with Crippen molar-refractivity contribution in [3.05, 3.63) is 23.8 Å². The smallest absolute Gasteiger partial charge is 0.328 e. The fraction of sp³-hybridized carbons (Fsp3) is 0.654. The number of likely N-dealkylation sites (tertiary alicyclic amines) is 2. The van der Waals surface area contributed by atoms with Gasteiger partial charge in [0.05, 0.1) is 12.8 Å². The highest BCUT2D eigenvalue weighted by Crippen LogP contribution is 2.41. The third kappa shape index (κ3) is 6.54. The van der Waals surface area contributed by atoms with Gasteiger partial charge in [-0.05, 0) is 68.8 Å². The molecule has 0 atom stereocenters. The van der Waals surface area contributed by atoms with Gasteiger partial charge in [0.25, 0.3) is 5.91 Å². The standard InChI is InChI=1S/C26H40N4O6/c1-5-12-30(25(33)27-19-31)21-17-20(6-7-22(21)34-2)24(32)29-15-10-26(11-16-29)8-13-28(14-9-26)18-23(35-3)36-4/h6-7,17,19,23H,5,8-16,18H2,1-4H3,(H,27,31,33). The molecule has 0 aliphatic carbocycles. The van der Waals surface area contributed by atoms with E-state index in [-0.39, 0.29) is 17.6 Å². The molecule has 36 heavy (non-hydrogen) atoms. The van der Waals surface area contributed by atoms with Gasteiger partial charge in [0, 0.05) is 46.0 Å². The fourth-order valence-electron chi connectivity index (χ4n) is 5.25. The third-order valence-electron chi connectivity index (χ3n) is 7.55. The lowest BCUT2D eigenvalue weighted by atomic mass is 9.71. The van der Waals surface area contributed by atoms with E-state index in [9.17, 15) is 14.4 Å². The first-order valence-corrected chi connectivity index (χ1v) is 12.7. The quantitative estimate of drug-likeness (QED) is 0.386. The molecule has 1 spiro atoms. The number of amides is 4. The molecule has 0 unspecified atom stereocenters. The minimum atomic E-state index is -0.552. The summed E-state index contributed by atoms with van der Waals surface area (Å²) >= 11 is 0. The number of rotatable bonds is 10. The molecule has 0 aromatic heterocycles. The maximum absolute atomic E-state index is 13.4. The fourth-order valence-corrected chi connectivity index (χ4v) is 5.25. The lowest BCUT2D eigenvalue weighted by Gasteiger charge is -2.47. The van der Waals surface area contributed by atoms with Gasteiger partial charge >= 0.3 is 6.03 Å². The molecule has 2 fully saturated rings. The van der Waals surface area contributed by atoms with Crippen molar-refractivity contribution in [2.45, 2.75) is 45.3 Å². The minimum absolute atomic E-state index is 0.0542. The molecule has 0 bridgehead atoms. The van der Waals surface area contributed by atoms with Crippen molar-refractivity contribution < 1.29 is 28.6 Å². The van der Waals surface area contributed by atoms with Gasteiger partial charge < -0.3 is 19.1 Å². The summed E-state index contributed by atoms with van der Waals surface area (Å²) in [5.41, 5.74) is 1.25. The number of nitrogens with one attached hydrogen (secondary N) is 1. The number of nitrogens with zero attached hydrogens (tertiary/aromatic N) is 3. The molecule has 10 heteroatoms. The van der Waals surface area contributed by atoms with E-state index < -0.39 is 6.03 Å². The highest BCUT2D eigenvalue weighted by Gasteiger charge is 2.39. The molecule has 1 N–H and O–H groups in total. The Morgan fingerprint density at radius 2 is 1.72 bits per heavy atom. The molecule has 1 aromatic rings. The third-order valence-corrected chi connectivity index (χ3v) is 7.55. The lowest BCUT2D eigenvalue weighted by molar-refractivity contribution is -0.121. The van der Waals surface area contributed by atoms with Crippen molar-refractivity contribution in [3.63, 3.8) is 0 Å². The molecule has 1 aromatic carbocycles. The van der Waals surface area contributed by atoms with Crippen LogP contribution in [0.1, 0.15) is 49.4 Å². The first kappa shape index (κ1) is 27.9. The van der Waals surface area contributed by atoms with Crippen molar-refractivity contribution in [2.75, 3.05) is 65.5 Å². The number of hydrogen-bond acceptors (Lipinski definition) is 7. The number of carbonyl (C=O) groups excluding carboxylic acids is 3. The molecule has 2 saturated heterocycles. The average molecular weight is 505 g/mol. The topological polar surface area (TPSA) is 101 Å². The van der Waals surface area contributed by atoms with Crippen molar-refractivity contribution in [1.29, 1.82) is 0 Å². The number of anilines is 1. The van der Waals surface area contributed by atoms with Crippen molar-refractivity contribution in [1.82, 2.24) is 15.1 Å². The van der Waals surface area contributed by atoms with Crippen LogP contribution in [0.5, 0.6) is 5.75 Å². The summed E-state index contributed by atoms with van der Waals surface area (Å²) in [4.78, 5) is 42.5. The molecule has 2 aliphatic rings. The van der Waals surface area contributed by atoms with E-state index in [2.05, 4.69) is 10.2 Å². The number of methoxy groups -OCH3 is 3. The van der Waals surface area contributed by atoms with Crippen LogP contribution in [-0.2, 0) is 14.3 Å². The van der Waals surface area contributed by atoms with E-state index in [1.165, 1.54) is 12.0 Å². The number of piperidine rings is 2. The monoisotopic (exact) mass is 504 g/mol. The number of hydrogen-bond donors (Lipinski definition) is 1. The first-order valence-electron chi connectivity index (χ1n) is 12.7. The molecule has 10 nitrogen and oxygen atoms in total. The molecule has 0 radical (unpaired) electrons. The number of carbonyl (C=O) groups is 3. The highest BCUT2D eigenvalue weighted by atomic mass is 16.7. The van der Waals surface area contributed by atoms with Crippen molar-refractivity contribution >= 4 is 24.0 Å². The Labute approximate surface area is 213 Å². The van der Waals surface area contributed by atoms with Crippen LogP contribution in [0.25, 0.3) is 0 Å². The van der Waals surface area contributed by atoms with Crippen LogP contribution in [0.4, 0.5) is 10.5 Å². The summed E-state index contributed by atoms with van der Waals surface area (Å²) in [6.45, 7) is 6.53.